The molecule has 22 heavy (non-hydrogen) atoms. The van der Waals surface area contributed by atoms with Crippen molar-refractivity contribution in [2.45, 2.75) is 43.4 Å². The Bertz CT molecular complexity index is 809. The lowest BCUT2D eigenvalue weighted by atomic mass is 9.97. The highest BCUT2D eigenvalue weighted by molar-refractivity contribution is 7.98. The maximum Gasteiger partial charge on any atom is 0.128 e. The van der Waals surface area contributed by atoms with Gasteiger partial charge in [-0.15, -0.1) is 23.1 Å². The molecule has 4 heteroatoms. The van der Waals surface area contributed by atoms with Gasteiger partial charge in [-0.3, -0.25) is 0 Å². The molecule has 0 radical (unpaired) electrons. The topological polar surface area (TPSA) is 25.8 Å². The average Bonchev–Trinajstić information content (AvgIpc) is 2.91. The number of benzene rings is 1. The normalized spacial score (nSPS) is 14.2. The van der Waals surface area contributed by atoms with Gasteiger partial charge >= 0.3 is 0 Å². The van der Waals surface area contributed by atoms with E-state index in [1.165, 1.54) is 52.1 Å². The molecule has 0 spiro atoms. The molecule has 2 aromatic heterocycles. The summed E-state index contributed by atoms with van der Waals surface area (Å²) in [6, 6.07) is 10.6. The summed E-state index contributed by atoms with van der Waals surface area (Å²) >= 11 is 3.74. The number of fused-ring (bicyclic) bond motifs is 3. The highest BCUT2D eigenvalue weighted by Gasteiger charge is 2.20. The molecule has 1 aliphatic carbocycles. The molecule has 0 saturated carbocycles. The largest absolute Gasteiger partial charge is 0.226 e. The maximum absolute atomic E-state index is 4.76. The van der Waals surface area contributed by atoms with Crippen LogP contribution in [0.5, 0.6) is 0 Å². The van der Waals surface area contributed by atoms with Crippen LogP contribution >= 0.6 is 23.1 Å². The Hall–Kier alpha value is -1.39. The molecular formula is C18H18N2S2. The molecule has 0 N–H and O–H groups in total. The van der Waals surface area contributed by atoms with Crippen LogP contribution in [-0.2, 0) is 18.6 Å². The Morgan fingerprint density at radius 2 is 1.91 bits per heavy atom. The van der Waals surface area contributed by atoms with Gasteiger partial charge in [0.25, 0.3) is 0 Å². The first-order chi connectivity index (χ1) is 10.8. The van der Waals surface area contributed by atoms with E-state index in [-0.39, 0.29) is 0 Å². The van der Waals surface area contributed by atoms with Crippen molar-refractivity contribution < 1.29 is 0 Å². The zero-order valence-corrected chi connectivity index (χ0v) is 14.3. The smallest absolute Gasteiger partial charge is 0.128 e. The lowest BCUT2D eigenvalue weighted by Crippen LogP contribution is -1.99. The molecule has 0 unspecified atom stereocenters. The van der Waals surface area contributed by atoms with Crippen LogP contribution in [0.3, 0.4) is 0 Å². The first kappa shape index (κ1) is 14.2. The molecule has 2 heterocycles. The van der Waals surface area contributed by atoms with E-state index in [0.29, 0.717) is 0 Å². The number of thiophene rings is 1. The molecular weight excluding hydrogens is 308 g/mol. The van der Waals surface area contributed by atoms with E-state index < -0.39 is 0 Å². The molecule has 0 atom stereocenters. The van der Waals surface area contributed by atoms with Crippen LogP contribution < -0.4 is 0 Å². The van der Waals surface area contributed by atoms with Crippen molar-refractivity contribution in [2.75, 3.05) is 0 Å². The second-order valence-corrected chi connectivity index (χ2v) is 7.79. The van der Waals surface area contributed by atoms with Gasteiger partial charge in [0.05, 0.1) is 0 Å². The third-order valence-electron chi connectivity index (χ3n) is 4.11. The van der Waals surface area contributed by atoms with Crippen LogP contribution in [0.15, 0.2) is 35.4 Å². The summed E-state index contributed by atoms with van der Waals surface area (Å²) in [5.41, 5.74) is 2.88. The number of aromatic nitrogens is 2. The van der Waals surface area contributed by atoms with E-state index in [1.54, 1.807) is 4.88 Å². The van der Waals surface area contributed by atoms with Gasteiger partial charge in [0.1, 0.15) is 15.7 Å². The van der Waals surface area contributed by atoms with E-state index in [4.69, 9.17) is 9.97 Å². The fraction of sp³-hybridized carbons (Fsp3) is 0.333. The van der Waals surface area contributed by atoms with Crippen LogP contribution in [-0.4, -0.2) is 9.97 Å². The fourth-order valence-electron chi connectivity index (χ4n) is 3.06. The number of nitrogens with zero attached hydrogens (tertiary/aromatic N) is 2. The Kier molecular flexibility index (Phi) is 3.89. The molecule has 1 aliphatic rings. The quantitative estimate of drug-likeness (QED) is 0.490. The van der Waals surface area contributed by atoms with Gasteiger partial charge in [0, 0.05) is 16.0 Å². The van der Waals surface area contributed by atoms with E-state index in [9.17, 15) is 0 Å². The van der Waals surface area contributed by atoms with Crippen molar-refractivity contribution in [3.05, 3.63) is 52.2 Å². The minimum absolute atomic E-state index is 0.890. The number of hydrogen-bond donors (Lipinski definition) is 0. The second kappa shape index (κ2) is 6.01. The van der Waals surface area contributed by atoms with E-state index in [2.05, 4.69) is 30.3 Å². The van der Waals surface area contributed by atoms with Crippen molar-refractivity contribution >= 4 is 33.3 Å². The van der Waals surface area contributed by atoms with E-state index in [1.807, 2.05) is 30.0 Å². The van der Waals surface area contributed by atoms with Gasteiger partial charge in [-0.2, -0.15) is 0 Å². The van der Waals surface area contributed by atoms with Gasteiger partial charge in [0.15, 0.2) is 0 Å². The van der Waals surface area contributed by atoms with Crippen LogP contribution in [0.25, 0.3) is 10.2 Å². The Morgan fingerprint density at radius 1 is 1.09 bits per heavy atom. The molecule has 0 amide bonds. The van der Waals surface area contributed by atoms with Gasteiger partial charge in [-0.05, 0) is 43.7 Å². The second-order valence-electron chi connectivity index (χ2n) is 5.74. The minimum atomic E-state index is 0.890. The lowest BCUT2D eigenvalue weighted by Gasteiger charge is -2.11. The molecule has 0 bridgehead atoms. The van der Waals surface area contributed by atoms with Gasteiger partial charge in [-0.25, -0.2) is 9.97 Å². The fourth-order valence-corrected chi connectivity index (χ4v) is 5.48. The summed E-state index contributed by atoms with van der Waals surface area (Å²) in [6.07, 6.45) is 5.03. The lowest BCUT2D eigenvalue weighted by molar-refractivity contribution is 0.699. The molecule has 112 valence electrons. The van der Waals surface area contributed by atoms with Crippen LogP contribution in [0.2, 0.25) is 0 Å². The number of hydrogen-bond acceptors (Lipinski definition) is 4. The molecule has 0 aliphatic heterocycles. The average molecular weight is 326 g/mol. The third-order valence-corrected chi connectivity index (χ3v) is 6.34. The number of aryl methyl sites for hydroxylation is 3. The highest BCUT2D eigenvalue weighted by atomic mass is 32.2. The Morgan fingerprint density at radius 3 is 2.77 bits per heavy atom. The van der Waals surface area contributed by atoms with Crippen molar-refractivity contribution in [3.8, 4) is 0 Å². The predicted molar refractivity (Wildman–Crippen MR) is 94.8 cm³/mol. The number of thioether (sulfide) groups is 1. The van der Waals surface area contributed by atoms with E-state index >= 15 is 0 Å². The molecule has 4 rings (SSSR count). The molecule has 0 saturated heterocycles. The summed E-state index contributed by atoms with van der Waals surface area (Å²) in [4.78, 5) is 12.2. The minimum Gasteiger partial charge on any atom is -0.226 e. The molecule has 1 aromatic carbocycles. The monoisotopic (exact) mass is 326 g/mol. The Labute approximate surface area is 139 Å². The van der Waals surface area contributed by atoms with E-state index in [0.717, 1.165) is 11.6 Å². The standard InChI is InChI=1S/C18H18N2S2/c1-12-19-17(21-11-13-7-3-2-4-8-13)16-14-9-5-6-10-15(14)22-18(16)20-12/h2-4,7-8H,5-6,9-11H2,1H3. The van der Waals surface area contributed by atoms with Crippen LogP contribution in [0.1, 0.15) is 34.7 Å². The van der Waals surface area contributed by atoms with Gasteiger partial charge in [0.2, 0.25) is 0 Å². The zero-order chi connectivity index (χ0) is 14.9. The summed E-state index contributed by atoms with van der Waals surface area (Å²) in [7, 11) is 0. The van der Waals surface area contributed by atoms with Crippen molar-refractivity contribution in [1.82, 2.24) is 9.97 Å². The van der Waals surface area contributed by atoms with Crippen molar-refractivity contribution in [2.24, 2.45) is 0 Å². The first-order valence-corrected chi connectivity index (χ1v) is 9.57. The summed E-state index contributed by atoms with van der Waals surface area (Å²) in [5, 5.41) is 2.51. The first-order valence-electron chi connectivity index (χ1n) is 7.77. The van der Waals surface area contributed by atoms with Crippen LogP contribution in [0, 0.1) is 6.92 Å². The third kappa shape index (κ3) is 2.66. The Balaban J connectivity index is 1.74. The zero-order valence-electron chi connectivity index (χ0n) is 12.6. The van der Waals surface area contributed by atoms with Crippen molar-refractivity contribution in [3.63, 3.8) is 0 Å². The highest BCUT2D eigenvalue weighted by Crippen LogP contribution is 2.40. The van der Waals surface area contributed by atoms with Gasteiger partial charge in [-0.1, -0.05) is 30.3 Å². The van der Waals surface area contributed by atoms with Crippen molar-refractivity contribution in [1.29, 1.82) is 0 Å². The molecule has 2 nitrogen and oxygen atoms in total. The number of rotatable bonds is 3. The summed E-state index contributed by atoms with van der Waals surface area (Å²) in [5.74, 6) is 1.86. The summed E-state index contributed by atoms with van der Waals surface area (Å²) < 4.78 is 0. The van der Waals surface area contributed by atoms with Crippen LogP contribution in [0.4, 0.5) is 0 Å². The molecule has 3 aromatic rings. The van der Waals surface area contributed by atoms with Gasteiger partial charge < -0.3 is 0 Å². The summed E-state index contributed by atoms with van der Waals surface area (Å²) in [6.45, 7) is 2.00. The maximum atomic E-state index is 4.76. The SMILES string of the molecule is Cc1nc(SCc2ccccc2)c2c3c(sc2n1)CCCC3. The molecule has 0 fully saturated rings. The predicted octanol–water partition coefficient (Wildman–Crippen LogP) is 5.17.